The molecule has 1 aromatic heterocycles. The number of methoxy groups -OCH3 is 1. The van der Waals surface area contributed by atoms with E-state index in [0.717, 1.165) is 22.2 Å². The number of hydrogen-bond donors (Lipinski definition) is 3. The molecule has 0 saturated carbocycles. The highest BCUT2D eigenvalue weighted by Gasteiger charge is 2.10. The molecular weight excluding hydrogens is 316 g/mol. The number of hydrogen-bond acceptors (Lipinski definition) is 5. The van der Waals surface area contributed by atoms with Crippen LogP contribution < -0.4 is 16.0 Å². The van der Waals surface area contributed by atoms with Crippen LogP contribution in [0.1, 0.15) is 18.9 Å². The van der Waals surface area contributed by atoms with Crippen molar-refractivity contribution >= 4 is 44.3 Å². The van der Waals surface area contributed by atoms with Crippen molar-refractivity contribution in [1.29, 1.82) is 0 Å². The van der Waals surface area contributed by atoms with E-state index < -0.39 is 0 Å². The van der Waals surface area contributed by atoms with E-state index in [9.17, 15) is 9.59 Å². The molecule has 3 amide bonds. The van der Waals surface area contributed by atoms with E-state index in [1.54, 1.807) is 7.11 Å². The monoisotopic (exact) mass is 336 g/mol. The zero-order valence-corrected chi connectivity index (χ0v) is 14.2. The van der Waals surface area contributed by atoms with Gasteiger partial charge in [0, 0.05) is 32.9 Å². The molecule has 0 saturated heterocycles. The molecule has 0 aliphatic rings. The molecule has 0 bridgehead atoms. The van der Waals surface area contributed by atoms with Crippen molar-refractivity contribution in [3.63, 3.8) is 0 Å². The van der Waals surface area contributed by atoms with Crippen LogP contribution in [-0.2, 0) is 9.53 Å². The molecule has 0 unspecified atom stereocenters. The van der Waals surface area contributed by atoms with Gasteiger partial charge in [-0.3, -0.25) is 4.79 Å². The molecule has 0 aliphatic heterocycles. The van der Waals surface area contributed by atoms with Gasteiger partial charge in [-0.1, -0.05) is 11.3 Å². The lowest BCUT2D eigenvalue weighted by molar-refractivity contribution is -0.114. The predicted octanol–water partition coefficient (Wildman–Crippen LogP) is 2.72. The molecule has 0 spiro atoms. The number of amides is 3. The lowest BCUT2D eigenvalue weighted by atomic mass is 10.2. The SMILES string of the molecule is COCCCNC(=O)Nc1cc(C)c2nc(NC(C)=O)sc2c1. The first-order chi connectivity index (χ1) is 11.0. The van der Waals surface area contributed by atoms with Crippen molar-refractivity contribution in [2.75, 3.05) is 30.9 Å². The summed E-state index contributed by atoms with van der Waals surface area (Å²) in [6.07, 6.45) is 0.761. The van der Waals surface area contributed by atoms with Crippen LogP contribution >= 0.6 is 11.3 Å². The average molecular weight is 336 g/mol. The number of anilines is 2. The molecule has 7 nitrogen and oxygen atoms in total. The zero-order chi connectivity index (χ0) is 16.8. The number of benzene rings is 1. The molecule has 2 aromatic rings. The number of rotatable bonds is 6. The number of fused-ring (bicyclic) bond motifs is 1. The molecule has 0 fully saturated rings. The highest BCUT2D eigenvalue weighted by Crippen LogP contribution is 2.31. The van der Waals surface area contributed by atoms with Crippen LogP contribution in [-0.4, -0.2) is 37.2 Å². The van der Waals surface area contributed by atoms with Gasteiger partial charge in [0.25, 0.3) is 0 Å². The number of ether oxygens (including phenoxy) is 1. The number of aryl methyl sites for hydroxylation is 1. The maximum Gasteiger partial charge on any atom is 0.319 e. The minimum Gasteiger partial charge on any atom is -0.385 e. The summed E-state index contributed by atoms with van der Waals surface area (Å²) >= 11 is 1.37. The largest absolute Gasteiger partial charge is 0.385 e. The first-order valence-corrected chi connectivity index (χ1v) is 8.04. The smallest absolute Gasteiger partial charge is 0.319 e. The Hall–Kier alpha value is -2.19. The summed E-state index contributed by atoms with van der Waals surface area (Å²) in [6.45, 7) is 4.52. The summed E-state index contributed by atoms with van der Waals surface area (Å²) in [7, 11) is 1.63. The van der Waals surface area contributed by atoms with Crippen LogP contribution in [0.2, 0.25) is 0 Å². The van der Waals surface area contributed by atoms with Crippen molar-refractivity contribution in [2.45, 2.75) is 20.3 Å². The quantitative estimate of drug-likeness (QED) is 0.707. The van der Waals surface area contributed by atoms with E-state index >= 15 is 0 Å². The molecule has 1 heterocycles. The van der Waals surface area contributed by atoms with Crippen molar-refractivity contribution in [3.8, 4) is 0 Å². The Morgan fingerprint density at radius 3 is 2.78 bits per heavy atom. The second-order valence-electron chi connectivity index (χ2n) is 5.07. The molecule has 3 N–H and O–H groups in total. The van der Waals surface area contributed by atoms with E-state index in [1.807, 2.05) is 19.1 Å². The standard InChI is InChI=1S/C15H20N4O3S/c1-9-7-11(18-14(21)16-5-4-6-22-3)8-12-13(9)19-15(23-12)17-10(2)20/h7-8H,4-6H2,1-3H3,(H2,16,18,21)(H,17,19,20). The van der Waals surface area contributed by atoms with E-state index in [0.29, 0.717) is 24.0 Å². The summed E-state index contributed by atoms with van der Waals surface area (Å²) in [5, 5.41) is 8.80. The van der Waals surface area contributed by atoms with Crippen LogP contribution in [0.5, 0.6) is 0 Å². The van der Waals surface area contributed by atoms with Gasteiger partial charge >= 0.3 is 6.03 Å². The molecule has 1 aromatic carbocycles. The Kier molecular flexibility index (Phi) is 5.89. The van der Waals surface area contributed by atoms with Crippen LogP contribution in [0.25, 0.3) is 10.2 Å². The topological polar surface area (TPSA) is 92.3 Å². The summed E-state index contributed by atoms with van der Waals surface area (Å²) in [5.74, 6) is -0.157. The van der Waals surface area contributed by atoms with Gasteiger partial charge in [-0.2, -0.15) is 0 Å². The summed E-state index contributed by atoms with van der Waals surface area (Å²) in [4.78, 5) is 27.3. The molecule has 2 rings (SSSR count). The molecule has 23 heavy (non-hydrogen) atoms. The number of nitrogens with one attached hydrogen (secondary N) is 3. The third-order valence-corrected chi connectivity index (χ3v) is 3.95. The fourth-order valence-corrected chi connectivity index (χ4v) is 3.10. The first kappa shape index (κ1) is 17.2. The molecule has 0 aliphatic carbocycles. The highest BCUT2D eigenvalue weighted by atomic mass is 32.1. The second-order valence-corrected chi connectivity index (χ2v) is 6.10. The highest BCUT2D eigenvalue weighted by molar-refractivity contribution is 7.22. The van der Waals surface area contributed by atoms with Crippen LogP contribution in [0.15, 0.2) is 12.1 Å². The maximum atomic E-state index is 11.8. The normalized spacial score (nSPS) is 10.6. The third-order valence-electron chi connectivity index (χ3n) is 3.04. The fourth-order valence-electron chi connectivity index (χ4n) is 2.07. The van der Waals surface area contributed by atoms with Gasteiger partial charge in [0.15, 0.2) is 5.13 Å². The van der Waals surface area contributed by atoms with E-state index in [4.69, 9.17) is 4.74 Å². The number of carbonyl (C=O) groups excluding carboxylic acids is 2. The van der Waals surface area contributed by atoms with E-state index in [1.165, 1.54) is 18.3 Å². The lowest BCUT2D eigenvalue weighted by Gasteiger charge is -2.08. The van der Waals surface area contributed by atoms with E-state index in [-0.39, 0.29) is 11.9 Å². The van der Waals surface area contributed by atoms with Crippen LogP contribution in [0.3, 0.4) is 0 Å². The van der Waals surface area contributed by atoms with Crippen molar-refractivity contribution in [2.24, 2.45) is 0 Å². The van der Waals surface area contributed by atoms with Crippen LogP contribution in [0, 0.1) is 6.92 Å². The summed E-state index contributed by atoms with van der Waals surface area (Å²) < 4.78 is 5.83. The zero-order valence-electron chi connectivity index (χ0n) is 13.4. The number of aromatic nitrogens is 1. The molecule has 0 atom stereocenters. The Labute approximate surface area is 138 Å². The van der Waals surface area contributed by atoms with Crippen molar-refractivity contribution in [1.82, 2.24) is 10.3 Å². The average Bonchev–Trinajstić information content (AvgIpc) is 2.85. The summed E-state index contributed by atoms with van der Waals surface area (Å²) in [5.41, 5.74) is 2.45. The predicted molar refractivity (Wildman–Crippen MR) is 92.2 cm³/mol. The molecular formula is C15H20N4O3S. The Balaban J connectivity index is 2.06. The molecule has 124 valence electrons. The number of thiazole rings is 1. The first-order valence-electron chi connectivity index (χ1n) is 7.22. The van der Waals surface area contributed by atoms with Crippen LogP contribution in [0.4, 0.5) is 15.6 Å². The van der Waals surface area contributed by atoms with Gasteiger partial charge in [-0.25, -0.2) is 9.78 Å². The van der Waals surface area contributed by atoms with E-state index in [2.05, 4.69) is 20.9 Å². The Bertz CT molecular complexity index is 714. The van der Waals surface area contributed by atoms with Gasteiger partial charge in [0.2, 0.25) is 5.91 Å². The second kappa shape index (κ2) is 7.89. The minimum absolute atomic E-state index is 0.157. The minimum atomic E-state index is -0.258. The number of carbonyl (C=O) groups is 2. The number of nitrogens with zero attached hydrogens (tertiary/aromatic N) is 1. The third kappa shape index (κ3) is 4.90. The van der Waals surface area contributed by atoms with Gasteiger partial charge in [0.05, 0.1) is 10.2 Å². The molecule has 8 heteroatoms. The van der Waals surface area contributed by atoms with Gasteiger partial charge in [0.1, 0.15) is 0 Å². The van der Waals surface area contributed by atoms with Crippen molar-refractivity contribution in [3.05, 3.63) is 17.7 Å². The fraction of sp³-hybridized carbons (Fsp3) is 0.400. The number of urea groups is 1. The Morgan fingerprint density at radius 1 is 1.30 bits per heavy atom. The van der Waals surface area contributed by atoms with Crippen molar-refractivity contribution < 1.29 is 14.3 Å². The molecule has 0 radical (unpaired) electrons. The summed E-state index contributed by atoms with van der Waals surface area (Å²) in [6, 6.07) is 3.44. The van der Waals surface area contributed by atoms with Gasteiger partial charge in [-0.15, -0.1) is 0 Å². The Morgan fingerprint density at radius 2 is 2.09 bits per heavy atom. The van der Waals surface area contributed by atoms with Gasteiger partial charge < -0.3 is 20.7 Å². The lowest BCUT2D eigenvalue weighted by Crippen LogP contribution is -2.30. The van der Waals surface area contributed by atoms with Gasteiger partial charge in [-0.05, 0) is 31.0 Å². The maximum absolute atomic E-state index is 11.8.